The summed E-state index contributed by atoms with van der Waals surface area (Å²) in [7, 11) is 0. The molecule has 210 valence electrons. The van der Waals surface area contributed by atoms with E-state index in [2.05, 4.69) is 10.00 Å². The Labute approximate surface area is 227 Å². The van der Waals surface area contributed by atoms with Gasteiger partial charge in [-0.05, 0) is 56.2 Å². The molecule has 1 aromatic heterocycles. The molecule has 10 heteroatoms. The van der Waals surface area contributed by atoms with E-state index in [-0.39, 0.29) is 23.2 Å². The number of hydrogen-bond donors (Lipinski definition) is 1. The van der Waals surface area contributed by atoms with Gasteiger partial charge in [-0.3, -0.25) is 14.3 Å². The van der Waals surface area contributed by atoms with Crippen LogP contribution in [0.25, 0.3) is 0 Å². The predicted octanol–water partition coefficient (Wildman–Crippen LogP) is 4.83. The summed E-state index contributed by atoms with van der Waals surface area (Å²) >= 11 is 0. The minimum atomic E-state index is -2.77. The van der Waals surface area contributed by atoms with Gasteiger partial charge < -0.3 is 19.9 Å². The molecule has 3 aliphatic heterocycles. The minimum Gasteiger partial charge on any atom is -0.381 e. The molecule has 6 rings (SSSR count). The number of nitrogens with zero attached hydrogens (tertiary/aromatic N) is 4. The fourth-order valence-corrected chi connectivity index (χ4v) is 6.74. The van der Waals surface area contributed by atoms with Gasteiger partial charge in [-0.2, -0.15) is 5.10 Å². The van der Waals surface area contributed by atoms with Crippen molar-refractivity contribution < 1.29 is 23.1 Å². The van der Waals surface area contributed by atoms with Crippen LogP contribution >= 0.6 is 0 Å². The number of aryl methyl sites for hydroxylation is 1. The van der Waals surface area contributed by atoms with Gasteiger partial charge in [-0.25, -0.2) is 8.78 Å². The van der Waals surface area contributed by atoms with Gasteiger partial charge in [0.2, 0.25) is 6.41 Å². The van der Waals surface area contributed by atoms with Gasteiger partial charge in [0.15, 0.2) is 5.82 Å². The van der Waals surface area contributed by atoms with Crippen molar-refractivity contribution in [2.75, 3.05) is 31.2 Å². The largest absolute Gasteiger partial charge is 0.381 e. The lowest BCUT2D eigenvalue weighted by Crippen LogP contribution is -2.37. The normalized spacial score (nSPS) is 20.6. The Balaban J connectivity index is 1.38. The molecule has 0 spiro atoms. The van der Waals surface area contributed by atoms with Gasteiger partial charge in [0.05, 0.1) is 12.6 Å². The van der Waals surface area contributed by atoms with E-state index in [4.69, 9.17) is 9.84 Å². The van der Waals surface area contributed by atoms with E-state index in [1.165, 1.54) is 6.07 Å². The first-order valence-corrected chi connectivity index (χ1v) is 14.4. The van der Waals surface area contributed by atoms with Crippen LogP contribution in [0.15, 0.2) is 12.1 Å². The molecule has 1 N–H and O–H groups in total. The number of hydrogen-bond acceptors (Lipinski definition) is 5. The monoisotopic (exact) mass is 541 g/mol. The Bertz CT molecular complexity index is 1220. The molecule has 4 heterocycles. The van der Waals surface area contributed by atoms with Gasteiger partial charge in [-0.15, -0.1) is 0 Å². The summed E-state index contributed by atoms with van der Waals surface area (Å²) in [6, 6.07) is 3.46. The molecule has 8 nitrogen and oxygen atoms in total. The average molecular weight is 542 g/mol. The number of benzene rings is 1. The second-order valence-electron chi connectivity index (χ2n) is 11.3. The van der Waals surface area contributed by atoms with Crippen LogP contribution in [0.3, 0.4) is 0 Å². The number of rotatable bonds is 6. The maximum absolute atomic E-state index is 14.4. The van der Waals surface area contributed by atoms with E-state index in [1.807, 2.05) is 4.90 Å². The van der Waals surface area contributed by atoms with E-state index in [9.17, 15) is 18.4 Å². The zero-order valence-electron chi connectivity index (χ0n) is 22.3. The molecule has 2 fully saturated rings. The van der Waals surface area contributed by atoms with Crippen LogP contribution in [0.4, 0.5) is 20.3 Å². The van der Waals surface area contributed by atoms with Crippen molar-refractivity contribution in [2.24, 2.45) is 0 Å². The molecule has 4 aliphatic rings. The van der Waals surface area contributed by atoms with E-state index >= 15 is 0 Å². The van der Waals surface area contributed by atoms with Gasteiger partial charge in [0, 0.05) is 66.8 Å². The Morgan fingerprint density at radius 2 is 1.85 bits per heavy atom. The molecule has 1 saturated heterocycles. The summed E-state index contributed by atoms with van der Waals surface area (Å²) < 4.78 is 36.5. The zero-order valence-corrected chi connectivity index (χ0v) is 22.3. The molecule has 0 atom stereocenters. The third kappa shape index (κ3) is 5.15. The van der Waals surface area contributed by atoms with Gasteiger partial charge in [0.1, 0.15) is 0 Å². The lowest BCUT2D eigenvalue weighted by atomic mass is 9.93. The SMILES string of the molecule is O=CN1CCc2c(c(N3CCCc4cc(C(=O)NC5CCCCC5)c(C(F)F)cc43)nn2C2CCOCC2)C1. The average Bonchev–Trinajstić information content (AvgIpc) is 3.35. The quantitative estimate of drug-likeness (QED) is 0.530. The maximum atomic E-state index is 14.4. The van der Waals surface area contributed by atoms with Crippen LogP contribution in [-0.4, -0.2) is 59.3 Å². The number of alkyl halides is 2. The molecule has 2 aromatic rings. The fourth-order valence-electron chi connectivity index (χ4n) is 6.74. The van der Waals surface area contributed by atoms with Crippen LogP contribution < -0.4 is 10.2 Å². The molecule has 1 saturated carbocycles. The van der Waals surface area contributed by atoms with Crippen LogP contribution in [0, 0.1) is 0 Å². The van der Waals surface area contributed by atoms with Crippen molar-refractivity contribution >= 4 is 23.8 Å². The summed E-state index contributed by atoms with van der Waals surface area (Å²) in [5.74, 6) is 0.337. The second kappa shape index (κ2) is 11.2. The Hall–Kier alpha value is -3.01. The predicted molar refractivity (Wildman–Crippen MR) is 143 cm³/mol. The van der Waals surface area contributed by atoms with Crippen molar-refractivity contribution in [3.63, 3.8) is 0 Å². The molecule has 1 aromatic carbocycles. The molecule has 0 bridgehead atoms. The first-order chi connectivity index (χ1) is 19.0. The number of halogens is 2. The lowest BCUT2D eigenvalue weighted by molar-refractivity contribution is -0.118. The van der Waals surface area contributed by atoms with E-state index in [0.29, 0.717) is 51.4 Å². The van der Waals surface area contributed by atoms with Crippen LogP contribution in [0.5, 0.6) is 0 Å². The number of anilines is 2. The summed E-state index contributed by atoms with van der Waals surface area (Å²) in [4.78, 5) is 28.7. The number of nitrogens with one attached hydrogen (secondary N) is 1. The van der Waals surface area contributed by atoms with E-state index in [1.54, 1.807) is 11.0 Å². The fraction of sp³-hybridized carbons (Fsp3) is 0.621. The van der Waals surface area contributed by atoms with Crippen LogP contribution in [-0.2, 0) is 28.9 Å². The van der Waals surface area contributed by atoms with Crippen molar-refractivity contribution in [3.05, 3.63) is 40.1 Å². The summed E-state index contributed by atoms with van der Waals surface area (Å²) in [6.45, 7) is 3.10. The zero-order chi connectivity index (χ0) is 26.9. The number of carbonyl (C=O) groups excluding carboxylic acids is 2. The second-order valence-corrected chi connectivity index (χ2v) is 11.3. The standard InChI is InChI=1S/C29H37F2N5O3/c30-27(31)22-16-26-19(15-23(22)29(38)32-20-6-2-1-3-7-20)5-4-11-35(26)28-24-17-34(18-37)12-8-25(24)36(33-28)21-9-13-39-14-10-21/h15-16,18,20-21,27H,1-14,17H2,(H,32,38). The summed E-state index contributed by atoms with van der Waals surface area (Å²) in [5.41, 5.74) is 3.54. The summed E-state index contributed by atoms with van der Waals surface area (Å²) in [5, 5.41) is 8.12. The molecule has 2 amide bonds. The molecule has 0 radical (unpaired) electrons. The highest BCUT2D eigenvalue weighted by Crippen LogP contribution is 2.41. The first kappa shape index (κ1) is 26.2. The number of fused-ring (bicyclic) bond motifs is 2. The van der Waals surface area contributed by atoms with Crippen LogP contribution in [0.1, 0.15) is 96.6 Å². The number of carbonyl (C=O) groups is 2. The van der Waals surface area contributed by atoms with Gasteiger partial charge >= 0.3 is 0 Å². The van der Waals surface area contributed by atoms with Crippen molar-refractivity contribution in [3.8, 4) is 0 Å². The maximum Gasteiger partial charge on any atom is 0.264 e. The van der Waals surface area contributed by atoms with Crippen molar-refractivity contribution in [1.82, 2.24) is 20.0 Å². The minimum absolute atomic E-state index is 0.0470. The molecule has 1 aliphatic carbocycles. The third-order valence-corrected chi connectivity index (χ3v) is 8.83. The highest BCUT2D eigenvalue weighted by atomic mass is 19.3. The first-order valence-electron chi connectivity index (χ1n) is 14.4. The van der Waals surface area contributed by atoms with E-state index < -0.39 is 12.3 Å². The lowest BCUT2D eigenvalue weighted by Gasteiger charge is -2.33. The van der Waals surface area contributed by atoms with Gasteiger partial charge in [0.25, 0.3) is 12.3 Å². The highest BCUT2D eigenvalue weighted by molar-refractivity contribution is 5.97. The Kier molecular flexibility index (Phi) is 7.55. The third-order valence-electron chi connectivity index (χ3n) is 8.83. The molecule has 39 heavy (non-hydrogen) atoms. The van der Waals surface area contributed by atoms with E-state index in [0.717, 1.165) is 80.4 Å². The Morgan fingerprint density at radius 1 is 1.05 bits per heavy atom. The number of amides is 2. The number of aromatic nitrogens is 2. The molecule has 0 unspecified atom stereocenters. The summed E-state index contributed by atoms with van der Waals surface area (Å²) in [6.07, 6.45) is 7.14. The van der Waals surface area contributed by atoms with Crippen molar-refractivity contribution in [2.45, 2.75) is 89.3 Å². The highest BCUT2D eigenvalue weighted by Gasteiger charge is 2.34. The molecular weight excluding hydrogens is 504 g/mol. The van der Waals surface area contributed by atoms with Crippen LogP contribution in [0.2, 0.25) is 0 Å². The van der Waals surface area contributed by atoms with Crippen molar-refractivity contribution in [1.29, 1.82) is 0 Å². The molecular formula is C29H37F2N5O3. The Morgan fingerprint density at radius 3 is 2.59 bits per heavy atom. The topological polar surface area (TPSA) is 79.7 Å². The number of ether oxygens (including phenoxy) is 1. The smallest absolute Gasteiger partial charge is 0.264 e. The van der Waals surface area contributed by atoms with Gasteiger partial charge in [-0.1, -0.05) is 19.3 Å².